The molecule has 0 aliphatic carbocycles. The van der Waals surface area contributed by atoms with Crippen molar-refractivity contribution < 1.29 is 30.0 Å². The van der Waals surface area contributed by atoms with Crippen LogP contribution in [0.3, 0.4) is 0 Å². The van der Waals surface area contributed by atoms with Crippen LogP contribution in [0.25, 0.3) is 0 Å². The summed E-state index contributed by atoms with van der Waals surface area (Å²) in [5.74, 6) is 0. The van der Waals surface area contributed by atoms with E-state index in [-0.39, 0.29) is 31.1 Å². The molecule has 30 heavy (non-hydrogen) atoms. The van der Waals surface area contributed by atoms with E-state index in [1.165, 1.54) is 8.99 Å². The Hall–Kier alpha value is -1.96. The fourth-order valence-corrected chi connectivity index (χ4v) is 6.68. The van der Waals surface area contributed by atoms with Crippen LogP contribution in [-0.2, 0) is 33.3 Å². The number of alkyl halides is 3. The fourth-order valence-electron chi connectivity index (χ4n) is 3.39. The molecular weight excluding hydrogens is 445 g/mol. The number of rotatable bonds is 4. The lowest BCUT2D eigenvalue weighted by atomic mass is 10.2. The average molecular weight is 467 g/mol. The first kappa shape index (κ1) is 22.7. The van der Waals surface area contributed by atoms with Gasteiger partial charge in [0.05, 0.1) is 21.8 Å². The molecule has 0 amide bonds. The van der Waals surface area contributed by atoms with Gasteiger partial charge >= 0.3 is 6.18 Å². The second-order valence-corrected chi connectivity index (χ2v) is 10.8. The van der Waals surface area contributed by atoms with Gasteiger partial charge in [0.2, 0.25) is 20.0 Å². The Labute approximate surface area is 173 Å². The Kier molecular flexibility index (Phi) is 5.77. The topological polar surface area (TPSA) is 92.6 Å². The van der Waals surface area contributed by atoms with Crippen LogP contribution in [0.2, 0.25) is 0 Å². The lowest BCUT2D eigenvalue weighted by Gasteiger charge is -2.33. The number of nitrogens with zero attached hydrogens (tertiary/aromatic N) is 4. The van der Waals surface area contributed by atoms with Gasteiger partial charge in [-0.05, 0) is 32.0 Å². The summed E-state index contributed by atoms with van der Waals surface area (Å²) in [5.41, 5.74) is -0.257. The molecule has 166 valence electrons. The summed E-state index contributed by atoms with van der Waals surface area (Å²) in [6.07, 6.45) is -4.67. The van der Waals surface area contributed by atoms with Crippen LogP contribution >= 0.6 is 0 Å². The highest BCUT2D eigenvalue weighted by molar-refractivity contribution is 7.89. The zero-order valence-electron chi connectivity index (χ0n) is 16.5. The Morgan fingerprint density at radius 3 is 1.93 bits per heavy atom. The van der Waals surface area contributed by atoms with Crippen molar-refractivity contribution in [2.75, 3.05) is 26.2 Å². The number of hydrogen-bond donors (Lipinski definition) is 0. The molecule has 0 bridgehead atoms. The Morgan fingerprint density at radius 1 is 0.933 bits per heavy atom. The van der Waals surface area contributed by atoms with E-state index in [2.05, 4.69) is 5.10 Å². The van der Waals surface area contributed by atoms with Gasteiger partial charge in [-0.3, -0.25) is 4.68 Å². The van der Waals surface area contributed by atoms with Gasteiger partial charge in [0.25, 0.3) is 0 Å². The average Bonchev–Trinajstić information content (AvgIpc) is 2.93. The predicted octanol–water partition coefficient (Wildman–Crippen LogP) is 1.75. The highest BCUT2D eigenvalue weighted by atomic mass is 32.2. The largest absolute Gasteiger partial charge is 0.416 e. The number of sulfonamides is 2. The van der Waals surface area contributed by atoms with Gasteiger partial charge in [0, 0.05) is 33.2 Å². The zero-order valence-corrected chi connectivity index (χ0v) is 18.1. The Morgan fingerprint density at radius 2 is 1.47 bits per heavy atom. The number of aryl methyl sites for hydroxylation is 2. The minimum atomic E-state index is -4.67. The molecule has 0 atom stereocenters. The maximum atomic E-state index is 13.0. The molecular formula is C17H21F3N4O4S2. The summed E-state index contributed by atoms with van der Waals surface area (Å²) in [4.78, 5) is -0.397. The lowest BCUT2D eigenvalue weighted by molar-refractivity contribution is -0.137. The van der Waals surface area contributed by atoms with Gasteiger partial charge in [-0.15, -0.1) is 0 Å². The molecule has 3 rings (SSSR count). The Bertz CT molecular complexity index is 1170. The highest BCUT2D eigenvalue weighted by Gasteiger charge is 2.37. The molecule has 8 nitrogen and oxygen atoms in total. The van der Waals surface area contributed by atoms with Crippen LogP contribution in [0, 0.1) is 13.8 Å². The molecule has 1 fully saturated rings. The van der Waals surface area contributed by atoms with Gasteiger partial charge in [-0.2, -0.15) is 26.9 Å². The first-order valence-electron chi connectivity index (χ1n) is 8.94. The summed E-state index contributed by atoms with van der Waals surface area (Å²) in [5, 5.41) is 4.11. The van der Waals surface area contributed by atoms with Crippen molar-refractivity contribution in [3.05, 3.63) is 41.2 Å². The monoisotopic (exact) mass is 466 g/mol. The maximum Gasteiger partial charge on any atom is 0.416 e. The third-order valence-corrected chi connectivity index (χ3v) is 9.08. The van der Waals surface area contributed by atoms with Crippen molar-refractivity contribution in [1.82, 2.24) is 18.4 Å². The van der Waals surface area contributed by atoms with E-state index < -0.39 is 36.7 Å². The summed E-state index contributed by atoms with van der Waals surface area (Å²) in [6.45, 7) is 2.63. The SMILES string of the molecule is Cc1nn(C)c(C)c1S(=O)(=O)N1CCN(S(=O)(=O)c2cccc(C(F)(F)F)c2)CC1. The summed E-state index contributed by atoms with van der Waals surface area (Å²) in [6, 6.07) is 3.50. The highest BCUT2D eigenvalue weighted by Crippen LogP contribution is 2.31. The van der Waals surface area contributed by atoms with Crippen molar-refractivity contribution in [3.8, 4) is 0 Å². The maximum absolute atomic E-state index is 13.0. The molecule has 0 unspecified atom stereocenters. The Balaban J connectivity index is 1.81. The number of piperazine rings is 1. The number of halogens is 3. The van der Waals surface area contributed by atoms with E-state index in [0.29, 0.717) is 17.5 Å². The second-order valence-electron chi connectivity index (χ2n) is 6.96. The standard InChI is InChI=1S/C17H21F3N4O4S2/c1-12-16(13(2)22(3)21-12)30(27,28)24-9-7-23(8-10-24)29(25,26)15-6-4-5-14(11-15)17(18,19)20/h4-6,11H,7-10H2,1-3H3. The van der Waals surface area contributed by atoms with E-state index in [1.54, 1.807) is 20.9 Å². The van der Waals surface area contributed by atoms with Crippen LogP contribution in [0.15, 0.2) is 34.1 Å². The summed E-state index contributed by atoms with van der Waals surface area (Å²) in [7, 11) is -6.45. The van der Waals surface area contributed by atoms with E-state index in [0.717, 1.165) is 22.5 Å². The van der Waals surface area contributed by atoms with Crippen LogP contribution < -0.4 is 0 Å². The summed E-state index contributed by atoms with van der Waals surface area (Å²) < 4.78 is 94.0. The molecule has 0 N–H and O–H groups in total. The first-order chi connectivity index (χ1) is 13.8. The van der Waals surface area contributed by atoms with E-state index in [9.17, 15) is 30.0 Å². The third-order valence-electron chi connectivity index (χ3n) is 5.04. The predicted molar refractivity (Wildman–Crippen MR) is 102 cm³/mol. The zero-order chi connectivity index (χ0) is 22.5. The van der Waals surface area contributed by atoms with Gasteiger partial charge in [-0.1, -0.05) is 6.07 Å². The molecule has 1 aromatic heterocycles. The molecule has 1 saturated heterocycles. The molecule has 13 heteroatoms. The van der Waals surface area contributed by atoms with Gasteiger partial charge in [0.1, 0.15) is 4.90 Å². The van der Waals surface area contributed by atoms with Crippen LogP contribution in [0.4, 0.5) is 13.2 Å². The second kappa shape index (κ2) is 7.62. The lowest BCUT2D eigenvalue weighted by Crippen LogP contribution is -2.50. The number of hydrogen-bond acceptors (Lipinski definition) is 5. The van der Waals surface area contributed by atoms with E-state index >= 15 is 0 Å². The molecule has 0 saturated carbocycles. The fraction of sp³-hybridized carbons (Fsp3) is 0.471. The molecule has 0 radical (unpaired) electrons. The number of benzene rings is 1. The van der Waals surface area contributed by atoms with Gasteiger partial charge in [-0.25, -0.2) is 16.8 Å². The van der Waals surface area contributed by atoms with Gasteiger partial charge in [0.15, 0.2) is 0 Å². The van der Waals surface area contributed by atoms with E-state index in [4.69, 9.17) is 0 Å². The molecule has 1 aliphatic rings. The molecule has 0 spiro atoms. The van der Waals surface area contributed by atoms with E-state index in [1.807, 2.05) is 0 Å². The molecule has 2 aromatic rings. The molecule has 1 aromatic carbocycles. The quantitative estimate of drug-likeness (QED) is 0.685. The van der Waals surface area contributed by atoms with Crippen LogP contribution in [0.1, 0.15) is 17.0 Å². The summed E-state index contributed by atoms with van der Waals surface area (Å²) >= 11 is 0. The van der Waals surface area contributed by atoms with Gasteiger partial charge < -0.3 is 0 Å². The third kappa shape index (κ3) is 3.98. The molecule has 2 heterocycles. The van der Waals surface area contributed by atoms with Crippen LogP contribution in [0.5, 0.6) is 0 Å². The normalized spacial score (nSPS) is 17.4. The van der Waals surface area contributed by atoms with Crippen molar-refractivity contribution in [1.29, 1.82) is 0 Å². The van der Waals surface area contributed by atoms with Crippen LogP contribution in [-0.4, -0.2) is 61.4 Å². The smallest absolute Gasteiger partial charge is 0.271 e. The van der Waals surface area contributed by atoms with Crippen molar-refractivity contribution in [2.24, 2.45) is 7.05 Å². The van der Waals surface area contributed by atoms with Crippen molar-refractivity contribution in [3.63, 3.8) is 0 Å². The minimum Gasteiger partial charge on any atom is -0.271 e. The minimum absolute atomic E-state index is 0.0826. The number of aromatic nitrogens is 2. The van der Waals surface area contributed by atoms with Crippen molar-refractivity contribution in [2.45, 2.75) is 29.8 Å². The first-order valence-corrected chi connectivity index (χ1v) is 11.8. The van der Waals surface area contributed by atoms with Crippen molar-refractivity contribution >= 4 is 20.0 Å². The molecule has 1 aliphatic heterocycles.